The molecular weight excluding hydrogens is 360 g/mol. The standard InChI is InChI=1S/C21H21ClN4O/c22-17-8-6-15(7-9-17)12-23-21-24-19-10-11-26(14-18(19)20(27)25-21)13-16-4-2-1-3-5-16/h1-9H,10-14H2,(H2,23,24,25,27). The highest BCUT2D eigenvalue weighted by molar-refractivity contribution is 6.30. The van der Waals surface area contributed by atoms with Crippen molar-refractivity contribution in [2.45, 2.75) is 26.1 Å². The minimum absolute atomic E-state index is 0.0589. The van der Waals surface area contributed by atoms with E-state index < -0.39 is 0 Å². The third-order valence-corrected chi connectivity index (χ3v) is 5.02. The molecule has 0 saturated carbocycles. The fraction of sp³-hybridized carbons (Fsp3) is 0.238. The van der Waals surface area contributed by atoms with Crippen molar-refractivity contribution in [1.29, 1.82) is 0 Å². The van der Waals surface area contributed by atoms with Crippen LogP contribution in [0.15, 0.2) is 59.4 Å². The number of anilines is 1. The van der Waals surface area contributed by atoms with Crippen LogP contribution in [0.4, 0.5) is 5.95 Å². The number of hydrogen-bond donors (Lipinski definition) is 2. The Kier molecular flexibility index (Phi) is 5.23. The van der Waals surface area contributed by atoms with E-state index in [1.807, 2.05) is 42.5 Å². The second-order valence-electron chi connectivity index (χ2n) is 6.77. The second kappa shape index (κ2) is 7.94. The molecule has 1 aliphatic rings. The maximum Gasteiger partial charge on any atom is 0.257 e. The van der Waals surface area contributed by atoms with E-state index in [4.69, 9.17) is 11.6 Å². The summed E-state index contributed by atoms with van der Waals surface area (Å²) in [6.45, 7) is 2.95. The molecule has 0 aliphatic carbocycles. The summed E-state index contributed by atoms with van der Waals surface area (Å²) >= 11 is 5.91. The molecule has 27 heavy (non-hydrogen) atoms. The van der Waals surface area contributed by atoms with Gasteiger partial charge < -0.3 is 5.32 Å². The Morgan fingerprint density at radius 2 is 1.85 bits per heavy atom. The number of benzene rings is 2. The van der Waals surface area contributed by atoms with Crippen molar-refractivity contribution in [2.75, 3.05) is 11.9 Å². The molecule has 138 valence electrons. The fourth-order valence-electron chi connectivity index (χ4n) is 3.33. The van der Waals surface area contributed by atoms with Crippen LogP contribution < -0.4 is 10.9 Å². The molecule has 5 nitrogen and oxygen atoms in total. The van der Waals surface area contributed by atoms with Gasteiger partial charge in [0.1, 0.15) is 0 Å². The molecule has 0 unspecified atom stereocenters. The number of aromatic nitrogens is 2. The summed E-state index contributed by atoms with van der Waals surface area (Å²) in [6.07, 6.45) is 0.779. The molecule has 2 N–H and O–H groups in total. The lowest BCUT2D eigenvalue weighted by atomic mass is 10.1. The molecule has 0 amide bonds. The molecule has 0 atom stereocenters. The predicted octanol–water partition coefficient (Wildman–Crippen LogP) is 3.59. The van der Waals surface area contributed by atoms with E-state index in [0.717, 1.165) is 36.3 Å². The minimum atomic E-state index is -0.0589. The summed E-state index contributed by atoms with van der Waals surface area (Å²) in [5, 5.41) is 3.91. The molecule has 1 aromatic heterocycles. The third-order valence-electron chi connectivity index (χ3n) is 4.77. The van der Waals surface area contributed by atoms with Crippen LogP contribution in [0.3, 0.4) is 0 Å². The first-order valence-electron chi connectivity index (χ1n) is 9.04. The lowest BCUT2D eigenvalue weighted by Gasteiger charge is -2.27. The lowest BCUT2D eigenvalue weighted by molar-refractivity contribution is 0.242. The molecule has 0 spiro atoms. The monoisotopic (exact) mass is 380 g/mol. The van der Waals surface area contributed by atoms with Gasteiger partial charge in [-0.1, -0.05) is 54.1 Å². The van der Waals surface area contributed by atoms with Crippen molar-refractivity contribution in [3.63, 3.8) is 0 Å². The van der Waals surface area contributed by atoms with Gasteiger partial charge in [0.25, 0.3) is 5.56 Å². The van der Waals surface area contributed by atoms with Gasteiger partial charge in [0.05, 0.1) is 11.3 Å². The van der Waals surface area contributed by atoms with Gasteiger partial charge in [0.2, 0.25) is 5.95 Å². The average Bonchev–Trinajstić information content (AvgIpc) is 2.69. The van der Waals surface area contributed by atoms with Crippen LogP contribution in [0.5, 0.6) is 0 Å². The van der Waals surface area contributed by atoms with Crippen LogP contribution in [-0.2, 0) is 26.1 Å². The minimum Gasteiger partial charge on any atom is -0.352 e. The van der Waals surface area contributed by atoms with E-state index in [1.54, 1.807) is 0 Å². The van der Waals surface area contributed by atoms with Crippen molar-refractivity contribution in [1.82, 2.24) is 14.9 Å². The summed E-state index contributed by atoms with van der Waals surface area (Å²) in [5.74, 6) is 0.519. The molecule has 0 radical (unpaired) electrons. The van der Waals surface area contributed by atoms with E-state index in [1.165, 1.54) is 5.56 Å². The largest absolute Gasteiger partial charge is 0.352 e. The van der Waals surface area contributed by atoms with Crippen LogP contribution in [0, 0.1) is 0 Å². The number of rotatable bonds is 5. The summed E-state index contributed by atoms with van der Waals surface area (Å²) in [4.78, 5) is 22.3. The van der Waals surface area contributed by atoms with Gasteiger partial charge in [0, 0.05) is 37.6 Å². The fourth-order valence-corrected chi connectivity index (χ4v) is 3.46. The highest BCUT2D eigenvalue weighted by Gasteiger charge is 2.21. The Labute approximate surface area is 163 Å². The topological polar surface area (TPSA) is 61.0 Å². The number of halogens is 1. The smallest absolute Gasteiger partial charge is 0.257 e. The van der Waals surface area contributed by atoms with E-state index in [9.17, 15) is 4.79 Å². The summed E-state index contributed by atoms with van der Waals surface area (Å²) in [7, 11) is 0. The van der Waals surface area contributed by atoms with Crippen molar-refractivity contribution in [2.24, 2.45) is 0 Å². The van der Waals surface area contributed by atoms with Gasteiger partial charge in [-0.2, -0.15) is 0 Å². The third kappa shape index (κ3) is 4.38. The van der Waals surface area contributed by atoms with Gasteiger partial charge in [-0.15, -0.1) is 0 Å². The normalized spacial score (nSPS) is 14.0. The van der Waals surface area contributed by atoms with Crippen molar-refractivity contribution >= 4 is 17.5 Å². The maximum absolute atomic E-state index is 12.6. The number of fused-ring (bicyclic) bond motifs is 1. The highest BCUT2D eigenvalue weighted by atomic mass is 35.5. The maximum atomic E-state index is 12.6. The Bertz CT molecular complexity index is 970. The quantitative estimate of drug-likeness (QED) is 0.710. The first kappa shape index (κ1) is 17.8. The molecule has 0 fully saturated rings. The average molecular weight is 381 g/mol. The number of aromatic amines is 1. The van der Waals surface area contributed by atoms with Crippen LogP contribution in [-0.4, -0.2) is 21.4 Å². The van der Waals surface area contributed by atoms with Crippen molar-refractivity contribution in [3.05, 3.63) is 92.4 Å². The highest BCUT2D eigenvalue weighted by Crippen LogP contribution is 2.17. The van der Waals surface area contributed by atoms with E-state index in [-0.39, 0.29) is 5.56 Å². The number of nitrogens with one attached hydrogen (secondary N) is 2. The molecule has 1 aliphatic heterocycles. The van der Waals surface area contributed by atoms with Crippen LogP contribution in [0.1, 0.15) is 22.4 Å². The molecule has 3 aromatic rings. The van der Waals surface area contributed by atoms with Crippen LogP contribution >= 0.6 is 11.6 Å². The summed E-state index contributed by atoms with van der Waals surface area (Å²) in [6, 6.07) is 17.9. The number of nitrogens with zero attached hydrogens (tertiary/aromatic N) is 2. The first-order valence-corrected chi connectivity index (χ1v) is 9.42. The van der Waals surface area contributed by atoms with Gasteiger partial charge in [-0.3, -0.25) is 14.7 Å². The van der Waals surface area contributed by atoms with Gasteiger partial charge in [-0.25, -0.2) is 4.98 Å². The number of hydrogen-bond acceptors (Lipinski definition) is 4. The van der Waals surface area contributed by atoms with Gasteiger partial charge >= 0.3 is 0 Å². The number of H-pyrrole nitrogens is 1. The molecule has 6 heteroatoms. The van der Waals surface area contributed by atoms with E-state index in [0.29, 0.717) is 24.1 Å². The van der Waals surface area contributed by atoms with Gasteiger partial charge in [0.15, 0.2) is 0 Å². The van der Waals surface area contributed by atoms with Crippen LogP contribution in [0.25, 0.3) is 0 Å². The van der Waals surface area contributed by atoms with E-state index >= 15 is 0 Å². The Balaban J connectivity index is 1.44. The van der Waals surface area contributed by atoms with Crippen molar-refractivity contribution < 1.29 is 0 Å². The molecule has 0 saturated heterocycles. The molecule has 2 heterocycles. The SMILES string of the molecule is O=c1[nH]c(NCc2ccc(Cl)cc2)nc2c1CN(Cc1ccccc1)CC2. The zero-order valence-electron chi connectivity index (χ0n) is 14.9. The lowest BCUT2D eigenvalue weighted by Crippen LogP contribution is -2.35. The Morgan fingerprint density at radius 1 is 1.07 bits per heavy atom. The van der Waals surface area contributed by atoms with Crippen LogP contribution in [0.2, 0.25) is 5.02 Å². The zero-order valence-corrected chi connectivity index (χ0v) is 15.7. The molecular formula is C21H21ClN4O. The summed E-state index contributed by atoms with van der Waals surface area (Å²) in [5.41, 5.74) is 3.94. The molecule has 4 rings (SSSR count). The van der Waals surface area contributed by atoms with Crippen molar-refractivity contribution in [3.8, 4) is 0 Å². The molecule has 0 bridgehead atoms. The Hall–Kier alpha value is -2.63. The predicted molar refractivity (Wildman–Crippen MR) is 108 cm³/mol. The Morgan fingerprint density at radius 3 is 2.63 bits per heavy atom. The van der Waals surface area contributed by atoms with E-state index in [2.05, 4.69) is 32.3 Å². The van der Waals surface area contributed by atoms with Gasteiger partial charge in [-0.05, 0) is 23.3 Å². The summed E-state index contributed by atoms with van der Waals surface area (Å²) < 4.78 is 0. The second-order valence-corrected chi connectivity index (χ2v) is 7.20. The first-order chi connectivity index (χ1) is 13.2. The molecule has 2 aromatic carbocycles. The zero-order chi connectivity index (χ0) is 18.6.